The summed E-state index contributed by atoms with van der Waals surface area (Å²) in [6.07, 6.45) is 5.15. The molecule has 2 amide bonds. The van der Waals surface area contributed by atoms with Crippen LogP contribution in [-0.2, 0) is 11.2 Å². The van der Waals surface area contributed by atoms with Crippen LogP contribution in [0.1, 0.15) is 15.9 Å². The summed E-state index contributed by atoms with van der Waals surface area (Å²) in [5.74, 6) is 0.0664. The number of amides is 2. The highest BCUT2D eigenvalue weighted by atomic mass is 16.3. The number of H-pyrrole nitrogens is 1. The van der Waals surface area contributed by atoms with Crippen LogP contribution in [0.15, 0.2) is 47.5 Å². The number of nitrogens with zero attached hydrogens (tertiary/aromatic N) is 3. The second-order valence-electron chi connectivity index (χ2n) is 6.10. The Morgan fingerprint density at radius 2 is 1.92 bits per heavy atom. The minimum Gasteiger partial charge on any atom is -0.443 e. The first-order chi connectivity index (χ1) is 12.2. The molecule has 1 aliphatic heterocycles. The maximum atomic E-state index is 12.5. The van der Waals surface area contributed by atoms with E-state index in [9.17, 15) is 9.59 Å². The lowest BCUT2D eigenvalue weighted by atomic mass is 10.1. The van der Waals surface area contributed by atoms with Crippen LogP contribution in [0.3, 0.4) is 0 Å². The quantitative estimate of drug-likeness (QED) is 0.788. The van der Waals surface area contributed by atoms with Crippen LogP contribution in [0.2, 0.25) is 0 Å². The minimum absolute atomic E-state index is 0.00381. The lowest BCUT2D eigenvalue weighted by Gasteiger charge is -2.34. The fourth-order valence-corrected chi connectivity index (χ4v) is 3.09. The van der Waals surface area contributed by atoms with Gasteiger partial charge in [0, 0.05) is 38.6 Å². The Balaban J connectivity index is 1.35. The number of oxazole rings is 1. The van der Waals surface area contributed by atoms with Gasteiger partial charge in [-0.25, -0.2) is 4.98 Å². The first-order valence-corrected chi connectivity index (χ1v) is 8.23. The van der Waals surface area contributed by atoms with Gasteiger partial charge in [-0.1, -0.05) is 6.07 Å². The predicted molar refractivity (Wildman–Crippen MR) is 91.0 cm³/mol. The molecule has 1 saturated heterocycles. The van der Waals surface area contributed by atoms with Gasteiger partial charge in [-0.15, -0.1) is 0 Å². The molecular formula is C18H18N4O3. The van der Waals surface area contributed by atoms with Crippen LogP contribution in [0.5, 0.6) is 0 Å². The van der Waals surface area contributed by atoms with Gasteiger partial charge in [-0.3, -0.25) is 9.59 Å². The van der Waals surface area contributed by atoms with Crippen LogP contribution < -0.4 is 0 Å². The van der Waals surface area contributed by atoms with Gasteiger partial charge in [0.1, 0.15) is 5.52 Å². The molecule has 1 fully saturated rings. The average Bonchev–Trinajstić information content (AvgIpc) is 3.32. The van der Waals surface area contributed by atoms with E-state index in [1.165, 1.54) is 6.39 Å². The fraction of sp³-hybridized carbons (Fsp3) is 0.278. The number of fused-ring (bicyclic) bond motifs is 1. The van der Waals surface area contributed by atoms with Crippen molar-refractivity contribution in [1.29, 1.82) is 0 Å². The molecule has 3 heterocycles. The Morgan fingerprint density at radius 3 is 2.68 bits per heavy atom. The third-order valence-electron chi connectivity index (χ3n) is 4.52. The third-order valence-corrected chi connectivity index (χ3v) is 4.52. The van der Waals surface area contributed by atoms with Crippen LogP contribution in [0, 0.1) is 0 Å². The predicted octanol–water partition coefficient (Wildman–Crippen LogP) is 1.68. The number of nitrogens with one attached hydrogen (secondary N) is 1. The van der Waals surface area contributed by atoms with E-state index in [0.717, 1.165) is 11.1 Å². The summed E-state index contributed by atoms with van der Waals surface area (Å²) in [4.78, 5) is 35.4. The van der Waals surface area contributed by atoms with Crippen LogP contribution in [-0.4, -0.2) is 57.8 Å². The van der Waals surface area contributed by atoms with Crippen molar-refractivity contribution >= 4 is 22.9 Å². The Hall–Kier alpha value is -3.09. The summed E-state index contributed by atoms with van der Waals surface area (Å²) in [6, 6.07) is 7.37. The topological polar surface area (TPSA) is 82.4 Å². The lowest BCUT2D eigenvalue weighted by molar-refractivity contribution is -0.131. The Kier molecular flexibility index (Phi) is 3.97. The number of rotatable bonds is 3. The standard InChI is InChI=1S/C18H18N4O3/c23-17(10-13-1-2-15-16(9-13)25-12-20-15)21-5-7-22(8-6-21)18(24)14-3-4-19-11-14/h1-4,9,11-12,19H,5-8,10H2. The molecule has 25 heavy (non-hydrogen) atoms. The van der Waals surface area contributed by atoms with Crippen molar-refractivity contribution in [2.45, 2.75) is 6.42 Å². The van der Waals surface area contributed by atoms with Gasteiger partial charge in [0.2, 0.25) is 5.91 Å². The molecule has 0 atom stereocenters. The zero-order valence-corrected chi connectivity index (χ0v) is 13.6. The van der Waals surface area contributed by atoms with E-state index >= 15 is 0 Å². The molecule has 1 aromatic carbocycles. The molecule has 7 nitrogen and oxygen atoms in total. The Bertz CT molecular complexity index is 892. The summed E-state index contributed by atoms with van der Waals surface area (Å²) in [6.45, 7) is 2.22. The number of carbonyl (C=O) groups excluding carboxylic acids is 2. The normalized spacial score (nSPS) is 14.9. The van der Waals surface area contributed by atoms with E-state index in [0.29, 0.717) is 43.7 Å². The van der Waals surface area contributed by atoms with E-state index in [-0.39, 0.29) is 11.8 Å². The van der Waals surface area contributed by atoms with Gasteiger partial charge in [0.15, 0.2) is 12.0 Å². The molecule has 0 radical (unpaired) electrons. The number of aromatic amines is 1. The second kappa shape index (κ2) is 6.43. The first-order valence-electron chi connectivity index (χ1n) is 8.23. The van der Waals surface area contributed by atoms with E-state index in [4.69, 9.17) is 4.42 Å². The molecule has 3 aromatic rings. The number of carbonyl (C=O) groups is 2. The van der Waals surface area contributed by atoms with Gasteiger partial charge < -0.3 is 19.2 Å². The largest absolute Gasteiger partial charge is 0.443 e. The van der Waals surface area contributed by atoms with Crippen molar-refractivity contribution in [3.05, 3.63) is 54.2 Å². The van der Waals surface area contributed by atoms with Crippen LogP contribution >= 0.6 is 0 Å². The van der Waals surface area contributed by atoms with Crippen molar-refractivity contribution in [2.75, 3.05) is 26.2 Å². The molecule has 0 spiro atoms. The smallest absolute Gasteiger partial charge is 0.255 e. The Morgan fingerprint density at radius 1 is 1.12 bits per heavy atom. The summed E-state index contributed by atoms with van der Waals surface area (Å²) in [7, 11) is 0. The number of hydrogen-bond donors (Lipinski definition) is 1. The molecule has 4 rings (SSSR count). The minimum atomic E-state index is 0.00381. The van der Waals surface area contributed by atoms with Gasteiger partial charge >= 0.3 is 0 Å². The zero-order chi connectivity index (χ0) is 17.2. The van der Waals surface area contributed by atoms with E-state index in [2.05, 4.69) is 9.97 Å². The molecular weight excluding hydrogens is 320 g/mol. The Labute approximate surface area is 144 Å². The van der Waals surface area contributed by atoms with Gasteiger partial charge in [-0.2, -0.15) is 0 Å². The van der Waals surface area contributed by atoms with E-state index < -0.39 is 0 Å². The number of aromatic nitrogens is 2. The van der Waals surface area contributed by atoms with Crippen molar-refractivity contribution in [3.63, 3.8) is 0 Å². The molecule has 0 unspecified atom stereocenters. The molecule has 7 heteroatoms. The summed E-state index contributed by atoms with van der Waals surface area (Å²) < 4.78 is 5.28. The third kappa shape index (κ3) is 3.13. The zero-order valence-electron chi connectivity index (χ0n) is 13.6. The molecule has 0 saturated carbocycles. The van der Waals surface area contributed by atoms with Crippen molar-refractivity contribution in [3.8, 4) is 0 Å². The number of hydrogen-bond acceptors (Lipinski definition) is 4. The summed E-state index contributed by atoms with van der Waals surface area (Å²) in [5, 5.41) is 0. The van der Waals surface area contributed by atoms with Crippen LogP contribution in [0.4, 0.5) is 0 Å². The van der Waals surface area contributed by atoms with Gasteiger partial charge in [-0.05, 0) is 23.8 Å². The molecule has 2 aromatic heterocycles. The summed E-state index contributed by atoms with van der Waals surface area (Å²) >= 11 is 0. The molecule has 128 valence electrons. The lowest BCUT2D eigenvalue weighted by Crippen LogP contribution is -2.50. The van der Waals surface area contributed by atoms with E-state index in [1.54, 1.807) is 23.4 Å². The average molecular weight is 338 g/mol. The molecule has 1 N–H and O–H groups in total. The number of benzene rings is 1. The highest BCUT2D eigenvalue weighted by Gasteiger charge is 2.25. The van der Waals surface area contributed by atoms with Crippen LogP contribution in [0.25, 0.3) is 11.1 Å². The molecule has 0 aliphatic carbocycles. The number of piperazine rings is 1. The van der Waals surface area contributed by atoms with Gasteiger partial charge in [0.05, 0.1) is 12.0 Å². The fourth-order valence-electron chi connectivity index (χ4n) is 3.09. The van der Waals surface area contributed by atoms with Crippen molar-refractivity contribution in [2.24, 2.45) is 0 Å². The van der Waals surface area contributed by atoms with E-state index in [1.807, 2.05) is 23.1 Å². The van der Waals surface area contributed by atoms with Gasteiger partial charge in [0.25, 0.3) is 5.91 Å². The van der Waals surface area contributed by atoms with Crippen molar-refractivity contribution < 1.29 is 14.0 Å². The maximum absolute atomic E-state index is 12.5. The second-order valence-corrected chi connectivity index (χ2v) is 6.10. The highest BCUT2D eigenvalue weighted by Crippen LogP contribution is 2.16. The monoisotopic (exact) mass is 338 g/mol. The SMILES string of the molecule is O=C(Cc1ccc2ncoc2c1)N1CCN(C(=O)c2cc[nH]c2)CC1. The van der Waals surface area contributed by atoms with Crippen molar-refractivity contribution in [1.82, 2.24) is 19.8 Å². The first kappa shape index (κ1) is 15.4. The molecule has 1 aliphatic rings. The summed E-state index contributed by atoms with van der Waals surface area (Å²) in [5.41, 5.74) is 3.03. The maximum Gasteiger partial charge on any atom is 0.255 e. The highest BCUT2D eigenvalue weighted by molar-refractivity contribution is 5.94. The molecule has 0 bridgehead atoms.